The summed E-state index contributed by atoms with van der Waals surface area (Å²) in [6.45, 7) is 2.65. The van der Waals surface area contributed by atoms with Crippen LogP contribution in [-0.4, -0.2) is 22.6 Å². The Hall–Kier alpha value is -3.06. The van der Waals surface area contributed by atoms with E-state index in [2.05, 4.69) is 4.98 Å². The van der Waals surface area contributed by atoms with E-state index in [1.54, 1.807) is 22.6 Å². The highest BCUT2D eigenvalue weighted by Crippen LogP contribution is 2.34. The first kappa shape index (κ1) is 21.8. The molecule has 0 radical (unpaired) electrons. The summed E-state index contributed by atoms with van der Waals surface area (Å²) in [4.78, 5) is 18.1. The van der Waals surface area contributed by atoms with Gasteiger partial charge in [0.15, 0.2) is 10.7 Å². The fourth-order valence-corrected chi connectivity index (χ4v) is 5.17. The monoisotopic (exact) mass is 496 g/mol. The first-order chi connectivity index (χ1) is 16.0. The Morgan fingerprint density at radius 2 is 1.76 bits per heavy atom. The van der Waals surface area contributed by atoms with Crippen LogP contribution in [0.5, 0.6) is 11.5 Å². The van der Waals surface area contributed by atoms with Gasteiger partial charge in [-0.1, -0.05) is 58.8 Å². The molecule has 0 aliphatic heterocycles. The maximum Gasteiger partial charge on any atom is 0.274 e. The lowest BCUT2D eigenvalue weighted by atomic mass is 10.2. The second-order valence-electron chi connectivity index (χ2n) is 7.46. The first-order valence-corrected chi connectivity index (χ1v) is 11.8. The van der Waals surface area contributed by atoms with Gasteiger partial charge in [-0.15, -0.1) is 0 Å². The third kappa shape index (κ3) is 4.42. The molecule has 3 aromatic carbocycles. The van der Waals surface area contributed by atoms with E-state index in [-0.39, 0.29) is 12.2 Å². The number of para-hydroxylation sites is 2. The first-order valence-electron chi connectivity index (χ1n) is 10.2. The Kier molecular flexibility index (Phi) is 5.98. The Labute approximate surface area is 203 Å². The van der Waals surface area contributed by atoms with Crippen LogP contribution in [-0.2, 0) is 0 Å². The van der Waals surface area contributed by atoms with Gasteiger partial charge in [0.05, 0.1) is 25.6 Å². The lowest BCUT2D eigenvalue weighted by Gasteiger charge is -2.12. The fraction of sp³-hybridized carbons (Fsp3) is 0.120. The summed E-state index contributed by atoms with van der Waals surface area (Å²) in [6, 6.07) is 18.8. The van der Waals surface area contributed by atoms with E-state index in [1.165, 1.54) is 11.3 Å². The van der Waals surface area contributed by atoms with E-state index in [1.807, 2.05) is 55.5 Å². The van der Waals surface area contributed by atoms with Crippen LogP contribution in [0, 0.1) is 6.92 Å². The minimum absolute atomic E-state index is 0.121. The Bertz CT molecular complexity index is 1570. The molecule has 0 aliphatic carbocycles. The zero-order valence-corrected chi connectivity index (χ0v) is 19.9. The predicted molar refractivity (Wildman–Crippen MR) is 134 cm³/mol. The van der Waals surface area contributed by atoms with E-state index < -0.39 is 0 Å². The molecule has 0 N–H and O–H groups in total. The van der Waals surface area contributed by atoms with Gasteiger partial charge in [-0.2, -0.15) is 0 Å². The molecule has 0 aliphatic rings. The number of imidazole rings is 1. The van der Waals surface area contributed by atoms with Gasteiger partial charge < -0.3 is 9.47 Å². The SMILES string of the molecule is Cc1cccc(OCCOc2c(Cl)cc(/C=c3\sc4nc5ccccc5n4c3=O)cc2Cl)c1. The number of fused-ring (bicyclic) bond motifs is 3. The number of rotatable bonds is 6. The van der Waals surface area contributed by atoms with Crippen molar-refractivity contribution in [2.24, 2.45) is 0 Å². The molecule has 0 spiro atoms. The van der Waals surface area contributed by atoms with Gasteiger partial charge in [-0.3, -0.25) is 4.79 Å². The minimum Gasteiger partial charge on any atom is -0.490 e. The molecule has 0 fully saturated rings. The number of aryl methyl sites for hydroxylation is 1. The van der Waals surface area contributed by atoms with Gasteiger partial charge in [-0.25, -0.2) is 9.38 Å². The molecule has 0 unspecified atom stereocenters. The third-order valence-corrected chi connectivity index (χ3v) is 6.58. The standard InChI is InChI=1S/C25H18Cl2N2O3S/c1-15-5-4-6-17(11-15)31-9-10-32-23-18(26)12-16(13-19(23)27)14-22-24(30)29-21-8-3-2-7-20(21)28-25(29)33-22/h2-8,11-14H,9-10H2,1H3/b22-14-. The van der Waals surface area contributed by atoms with Crippen LogP contribution < -0.4 is 19.6 Å². The second kappa shape index (κ2) is 9.06. The van der Waals surface area contributed by atoms with E-state index in [9.17, 15) is 4.79 Å². The number of thiazole rings is 1. The maximum atomic E-state index is 13.0. The van der Waals surface area contributed by atoms with Gasteiger partial charge >= 0.3 is 0 Å². The molecule has 2 aromatic heterocycles. The van der Waals surface area contributed by atoms with Crippen LogP contribution in [0.15, 0.2) is 65.5 Å². The van der Waals surface area contributed by atoms with Gasteiger partial charge in [-0.05, 0) is 60.5 Å². The zero-order valence-electron chi connectivity index (χ0n) is 17.5. The lowest BCUT2D eigenvalue weighted by Crippen LogP contribution is -2.22. The number of nitrogens with zero attached hydrogens (tertiary/aromatic N) is 2. The van der Waals surface area contributed by atoms with Crippen molar-refractivity contribution in [1.82, 2.24) is 9.38 Å². The van der Waals surface area contributed by atoms with Gasteiger partial charge in [0.25, 0.3) is 5.56 Å². The second-order valence-corrected chi connectivity index (χ2v) is 9.28. The fourth-order valence-electron chi connectivity index (χ4n) is 3.57. The van der Waals surface area contributed by atoms with Crippen molar-refractivity contribution in [3.05, 3.63) is 96.7 Å². The van der Waals surface area contributed by atoms with E-state index in [4.69, 9.17) is 32.7 Å². The molecule has 5 aromatic rings. The molecule has 0 saturated heterocycles. The molecule has 0 saturated carbocycles. The number of hydrogen-bond acceptors (Lipinski definition) is 5. The van der Waals surface area contributed by atoms with Crippen LogP contribution in [0.25, 0.3) is 22.1 Å². The van der Waals surface area contributed by atoms with Crippen molar-refractivity contribution in [3.63, 3.8) is 0 Å². The molecule has 0 amide bonds. The summed E-state index contributed by atoms with van der Waals surface area (Å²) in [5.41, 5.74) is 3.30. The maximum absolute atomic E-state index is 13.0. The predicted octanol–water partition coefficient (Wildman–Crippen LogP) is 5.53. The molecule has 0 atom stereocenters. The summed E-state index contributed by atoms with van der Waals surface area (Å²) < 4.78 is 13.6. The molecule has 2 heterocycles. The molecule has 33 heavy (non-hydrogen) atoms. The highest BCUT2D eigenvalue weighted by atomic mass is 35.5. The lowest BCUT2D eigenvalue weighted by molar-refractivity contribution is 0.217. The van der Waals surface area contributed by atoms with Crippen LogP contribution in [0.2, 0.25) is 10.0 Å². The topological polar surface area (TPSA) is 52.8 Å². The van der Waals surface area contributed by atoms with E-state index >= 15 is 0 Å². The zero-order chi connectivity index (χ0) is 22.9. The molecule has 166 valence electrons. The molecular weight excluding hydrogens is 479 g/mol. The van der Waals surface area contributed by atoms with E-state index in [0.29, 0.717) is 37.5 Å². The summed E-state index contributed by atoms with van der Waals surface area (Å²) in [6.07, 6.45) is 1.76. The number of ether oxygens (including phenoxy) is 2. The Balaban J connectivity index is 1.35. The Morgan fingerprint density at radius 3 is 2.55 bits per heavy atom. The van der Waals surface area contributed by atoms with Gasteiger partial charge in [0, 0.05) is 0 Å². The number of halogens is 2. The van der Waals surface area contributed by atoms with Crippen LogP contribution >= 0.6 is 34.5 Å². The summed E-state index contributed by atoms with van der Waals surface area (Å²) in [5.74, 6) is 1.17. The normalized spacial score (nSPS) is 12.0. The van der Waals surface area contributed by atoms with Crippen molar-refractivity contribution in [2.45, 2.75) is 6.92 Å². The summed E-state index contributed by atoms with van der Waals surface area (Å²) in [7, 11) is 0. The molecular formula is C25H18Cl2N2O3S. The van der Waals surface area contributed by atoms with Crippen molar-refractivity contribution in [1.29, 1.82) is 0 Å². The van der Waals surface area contributed by atoms with Crippen molar-refractivity contribution in [2.75, 3.05) is 13.2 Å². The number of benzene rings is 3. The number of hydrogen-bond donors (Lipinski definition) is 0. The Morgan fingerprint density at radius 1 is 1.00 bits per heavy atom. The summed E-state index contributed by atoms with van der Waals surface area (Å²) >= 11 is 14.2. The van der Waals surface area contributed by atoms with Crippen LogP contribution in [0.3, 0.4) is 0 Å². The third-order valence-electron chi connectivity index (χ3n) is 5.05. The summed E-state index contributed by atoms with van der Waals surface area (Å²) in [5, 5.41) is 0.729. The highest BCUT2D eigenvalue weighted by molar-refractivity contribution is 7.15. The molecule has 5 nitrogen and oxygen atoms in total. The molecule has 8 heteroatoms. The van der Waals surface area contributed by atoms with Crippen LogP contribution in [0.1, 0.15) is 11.1 Å². The van der Waals surface area contributed by atoms with Crippen molar-refractivity contribution >= 4 is 56.6 Å². The van der Waals surface area contributed by atoms with Gasteiger partial charge in [0.2, 0.25) is 0 Å². The average molecular weight is 497 g/mol. The van der Waals surface area contributed by atoms with Crippen LogP contribution in [0.4, 0.5) is 0 Å². The largest absolute Gasteiger partial charge is 0.490 e. The van der Waals surface area contributed by atoms with Crippen molar-refractivity contribution in [3.8, 4) is 11.5 Å². The average Bonchev–Trinajstić information content (AvgIpc) is 3.29. The molecule has 5 rings (SSSR count). The molecule has 0 bridgehead atoms. The van der Waals surface area contributed by atoms with Gasteiger partial charge in [0.1, 0.15) is 19.0 Å². The van der Waals surface area contributed by atoms with Crippen molar-refractivity contribution < 1.29 is 9.47 Å². The minimum atomic E-state index is -0.121. The van der Waals surface area contributed by atoms with E-state index in [0.717, 1.165) is 22.3 Å². The quantitative estimate of drug-likeness (QED) is 0.290. The smallest absolute Gasteiger partial charge is 0.274 e. The highest BCUT2D eigenvalue weighted by Gasteiger charge is 2.12. The number of aromatic nitrogens is 2.